The number of rotatable bonds is 2. The topological polar surface area (TPSA) is 90.5 Å². The van der Waals surface area contributed by atoms with Crippen LogP contribution in [0.2, 0.25) is 0 Å². The molecule has 1 fully saturated rings. The molecule has 2 heterocycles. The van der Waals surface area contributed by atoms with Crippen LogP contribution in [0.3, 0.4) is 0 Å². The van der Waals surface area contributed by atoms with Gasteiger partial charge in [-0.1, -0.05) is 19.3 Å². The fraction of sp³-hybridized carbons (Fsp3) is 0.714. The van der Waals surface area contributed by atoms with E-state index in [4.69, 9.17) is 4.74 Å². The van der Waals surface area contributed by atoms with E-state index < -0.39 is 4.92 Å². The van der Waals surface area contributed by atoms with Gasteiger partial charge in [0.1, 0.15) is 12.8 Å². The van der Waals surface area contributed by atoms with Gasteiger partial charge in [-0.15, -0.1) is 0 Å². The molecule has 0 spiro atoms. The van der Waals surface area contributed by atoms with Crippen LogP contribution in [0.4, 0.5) is 5.82 Å². The first-order chi connectivity index (χ1) is 10.6. The molecule has 2 aliphatic rings. The van der Waals surface area contributed by atoms with Gasteiger partial charge in [0.15, 0.2) is 0 Å². The molecule has 1 aromatic rings. The van der Waals surface area contributed by atoms with Crippen LogP contribution in [-0.4, -0.2) is 45.0 Å². The first kappa shape index (κ1) is 14.8. The molecule has 1 saturated carbocycles. The molecule has 1 amide bonds. The largest absolute Gasteiger partial charge is 0.444 e. The minimum Gasteiger partial charge on any atom is -0.444 e. The summed E-state index contributed by atoms with van der Waals surface area (Å²) in [4.78, 5) is 28.5. The van der Waals surface area contributed by atoms with Gasteiger partial charge in [-0.2, -0.15) is 0 Å². The van der Waals surface area contributed by atoms with Gasteiger partial charge in [-0.3, -0.25) is 9.36 Å². The Balaban J connectivity index is 1.67. The number of hydrogen-bond acceptors (Lipinski definition) is 5. The summed E-state index contributed by atoms with van der Waals surface area (Å²) in [5, 5.41) is 10.8. The molecule has 0 N–H and O–H groups in total. The lowest BCUT2D eigenvalue weighted by Crippen LogP contribution is -2.42. The first-order valence-electron chi connectivity index (χ1n) is 7.78. The van der Waals surface area contributed by atoms with Crippen molar-refractivity contribution in [2.24, 2.45) is 5.92 Å². The average molecular weight is 308 g/mol. The predicted octanol–water partition coefficient (Wildman–Crippen LogP) is 1.59. The summed E-state index contributed by atoms with van der Waals surface area (Å²) < 4.78 is 7.09. The minimum atomic E-state index is -0.536. The summed E-state index contributed by atoms with van der Waals surface area (Å²) in [5.41, 5.74) is 0. The van der Waals surface area contributed by atoms with Gasteiger partial charge in [-0.25, -0.2) is 0 Å². The van der Waals surface area contributed by atoms with Crippen molar-refractivity contribution in [3.8, 4) is 6.01 Å². The van der Waals surface area contributed by atoms with Crippen LogP contribution in [-0.2, 0) is 11.3 Å². The van der Waals surface area contributed by atoms with Gasteiger partial charge in [0.05, 0.1) is 6.54 Å². The molecule has 0 radical (unpaired) electrons. The van der Waals surface area contributed by atoms with Crippen LogP contribution < -0.4 is 4.74 Å². The number of imidazole rings is 1. The second kappa shape index (κ2) is 6.33. The number of nitro groups is 1. The fourth-order valence-electron chi connectivity index (χ4n) is 3.16. The van der Waals surface area contributed by atoms with E-state index in [0.29, 0.717) is 26.2 Å². The van der Waals surface area contributed by atoms with Gasteiger partial charge >= 0.3 is 11.8 Å². The molecular weight excluding hydrogens is 288 g/mol. The van der Waals surface area contributed by atoms with E-state index in [-0.39, 0.29) is 23.7 Å². The van der Waals surface area contributed by atoms with Crippen molar-refractivity contribution in [2.75, 3.05) is 19.7 Å². The summed E-state index contributed by atoms with van der Waals surface area (Å²) >= 11 is 0. The van der Waals surface area contributed by atoms with Crippen molar-refractivity contribution >= 4 is 11.7 Å². The Bertz CT molecular complexity index is 565. The maximum absolute atomic E-state index is 12.6. The molecule has 0 bridgehead atoms. The summed E-state index contributed by atoms with van der Waals surface area (Å²) in [6.45, 7) is 1.83. The summed E-state index contributed by atoms with van der Waals surface area (Å²) in [6, 6.07) is 0.261. The van der Waals surface area contributed by atoms with E-state index in [9.17, 15) is 14.9 Å². The van der Waals surface area contributed by atoms with Crippen LogP contribution in [0, 0.1) is 16.0 Å². The normalized spacial score (nSPS) is 19.7. The monoisotopic (exact) mass is 308 g/mol. The van der Waals surface area contributed by atoms with E-state index in [2.05, 4.69) is 4.98 Å². The Hall–Kier alpha value is -2.12. The second-order valence-corrected chi connectivity index (χ2v) is 5.84. The number of aromatic nitrogens is 2. The van der Waals surface area contributed by atoms with Crippen molar-refractivity contribution in [1.82, 2.24) is 14.5 Å². The van der Waals surface area contributed by atoms with Gasteiger partial charge in [0.2, 0.25) is 5.91 Å². The smallest absolute Gasteiger partial charge is 0.414 e. The van der Waals surface area contributed by atoms with Crippen molar-refractivity contribution in [3.05, 3.63) is 16.3 Å². The molecule has 1 aromatic heterocycles. The molecule has 120 valence electrons. The Morgan fingerprint density at radius 3 is 2.77 bits per heavy atom. The zero-order chi connectivity index (χ0) is 15.5. The lowest BCUT2D eigenvalue weighted by atomic mass is 9.88. The lowest BCUT2D eigenvalue weighted by molar-refractivity contribution is -0.389. The number of hydrogen-bond donors (Lipinski definition) is 0. The van der Waals surface area contributed by atoms with Crippen molar-refractivity contribution in [3.63, 3.8) is 0 Å². The summed E-state index contributed by atoms with van der Waals surface area (Å²) in [6.07, 6.45) is 6.77. The molecule has 22 heavy (non-hydrogen) atoms. The number of ether oxygens (including phenoxy) is 1. The second-order valence-electron chi connectivity index (χ2n) is 5.84. The standard InChI is InChI=1S/C14H20N4O4/c19-13(11-4-2-1-3-5-11)16-6-7-17-10-12(18(20)21)15-14(17)22-9-8-16/h10-11H,1-9H2. The SMILES string of the molecule is O=C(C1CCCCC1)N1CCOc2nc([N+](=O)[O-])cn2CC1. The third-order valence-corrected chi connectivity index (χ3v) is 4.38. The number of fused-ring (bicyclic) bond motifs is 1. The summed E-state index contributed by atoms with van der Waals surface area (Å²) in [7, 11) is 0. The third kappa shape index (κ3) is 3.05. The van der Waals surface area contributed by atoms with E-state index in [1.54, 1.807) is 4.57 Å². The summed E-state index contributed by atoms with van der Waals surface area (Å²) in [5.74, 6) is 0.105. The van der Waals surface area contributed by atoms with Gasteiger partial charge in [0.25, 0.3) is 0 Å². The van der Waals surface area contributed by atoms with Crippen molar-refractivity contribution in [1.29, 1.82) is 0 Å². The number of carbonyl (C=O) groups excluding carboxylic acids is 1. The number of carbonyl (C=O) groups is 1. The molecule has 8 nitrogen and oxygen atoms in total. The Morgan fingerprint density at radius 1 is 1.27 bits per heavy atom. The van der Waals surface area contributed by atoms with Crippen molar-refractivity contribution < 1.29 is 14.5 Å². The van der Waals surface area contributed by atoms with Crippen LogP contribution >= 0.6 is 0 Å². The van der Waals surface area contributed by atoms with Gasteiger partial charge < -0.3 is 19.8 Å². The van der Waals surface area contributed by atoms with E-state index in [1.165, 1.54) is 12.6 Å². The zero-order valence-electron chi connectivity index (χ0n) is 12.4. The highest BCUT2D eigenvalue weighted by atomic mass is 16.6. The quantitative estimate of drug-likeness (QED) is 0.611. The Kier molecular flexibility index (Phi) is 4.26. The van der Waals surface area contributed by atoms with E-state index in [1.807, 2.05) is 4.90 Å². The minimum absolute atomic E-state index is 0.129. The molecule has 8 heteroatoms. The van der Waals surface area contributed by atoms with Crippen LogP contribution in [0.5, 0.6) is 6.01 Å². The van der Waals surface area contributed by atoms with Gasteiger partial charge in [-0.05, 0) is 17.8 Å². The number of nitrogens with zero attached hydrogens (tertiary/aromatic N) is 4. The highest BCUT2D eigenvalue weighted by molar-refractivity contribution is 5.78. The highest BCUT2D eigenvalue weighted by Gasteiger charge is 2.28. The lowest BCUT2D eigenvalue weighted by Gasteiger charge is -2.30. The molecule has 0 unspecified atom stereocenters. The molecule has 1 aliphatic carbocycles. The van der Waals surface area contributed by atoms with E-state index in [0.717, 1.165) is 25.7 Å². The van der Waals surface area contributed by atoms with Crippen LogP contribution in [0.15, 0.2) is 6.20 Å². The predicted molar refractivity (Wildman–Crippen MR) is 77.5 cm³/mol. The maximum atomic E-state index is 12.6. The molecule has 0 atom stereocenters. The average Bonchev–Trinajstić information content (AvgIpc) is 2.90. The van der Waals surface area contributed by atoms with Crippen molar-refractivity contribution in [2.45, 2.75) is 38.6 Å². The van der Waals surface area contributed by atoms with E-state index >= 15 is 0 Å². The third-order valence-electron chi connectivity index (χ3n) is 4.38. The molecular formula is C14H20N4O4. The Morgan fingerprint density at radius 2 is 2.05 bits per heavy atom. The first-order valence-corrected chi connectivity index (χ1v) is 7.78. The molecule has 3 rings (SSSR count). The maximum Gasteiger partial charge on any atom is 0.414 e. The zero-order valence-corrected chi connectivity index (χ0v) is 12.4. The fourth-order valence-corrected chi connectivity index (χ4v) is 3.16. The van der Waals surface area contributed by atoms with Crippen LogP contribution in [0.1, 0.15) is 32.1 Å². The molecule has 0 aromatic carbocycles. The molecule has 1 aliphatic heterocycles. The van der Waals surface area contributed by atoms with Gasteiger partial charge in [0, 0.05) is 24.0 Å². The highest BCUT2D eigenvalue weighted by Crippen LogP contribution is 2.26. The number of amides is 1. The van der Waals surface area contributed by atoms with Crippen LogP contribution in [0.25, 0.3) is 0 Å². The Labute approximate surface area is 128 Å². The molecule has 0 saturated heterocycles.